The van der Waals surface area contributed by atoms with E-state index >= 15 is 0 Å². The molecule has 1 aliphatic rings. The van der Waals surface area contributed by atoms with Crippen LogP contribution in [-0.4, -0.2) is 63.1 Å². The fourth-order valence-corrected chi connectivity index (χ4v) is 3.28. The van der Waals surface area contributed by atoms with Gasteiger partial charge in [0.2, 0.25) is 5.91 Å². The molecule has 1 fully saturated rings. The van der Waals surface area contributed by atoms with E-state index in [0.717, 1.165) is 30.5 Å². The number of halogens is 2. The topological polar surface area (TPSA) is 60.0 Å². The van der Waals surface area contributed by atoms with Gasteiger partial charge in [0.05, 0.1) is 5.69 Å². The fourth-order valence-electron chi connectivity index (χ4n) is 2.74. The predicted octanol–water partition coefficient (Wildman–Crippen LogP) is 2.93. The molecule has 1 aromatic carbocycles. The zero-order valence-corrected chi connectivity index (χ0v) is 20.5. The lowest BCUT2D eigenvalue weighted by atomic mass is 10.2. The first-order valence-corrected chi connectivity index (χ1v) is 9.90. The number of carbonyl (C=O) groups is 1. The second-order valence-electron chi connectivity index (χ2n) is 7.26. The lowest BCUT2D eigenvalue weighted by molar-refractivity contribution is -0.127. The molecule has 0 spiro atoms. The molecule has 0 radical (unpaired) electrons. The van der Waals surface area contributed by atoms with Gasteiger partial charge in [0.1, 0.15) is 6.54 Å². The third-order valence-corrected chi connectivity index (χ3v) is 4.94. The van der Waals surface area contributed by atoms with Crippen molar-refractivity contribution in [2.24, 2.45) is 10.9 Å². The molecule has 1 aliphatic heterocycles. The maximum Gasteiger partial charge on any atom is 0.243 e. The van der Waals surface area contributed by atoms with E-state index < -0.39 is 0 Å². The van der Waals surface area contributed by atoms with Crippen LogP contribution in [0.2, 0.25) is 0 Å². The highest BCUT2D eigenvalue weighted by Gasteiger charge is 2.24. The Morgan fingerprint density at radius 3 is 2.70 bits per heavy atom. The van der Waals surface area contributed by atoms with Crippen molar-refractivity contribution < 1.29 is 4.79 Å². The highest BCUT2D eigenvalue weighted by atomic mass is 127. The summed E-state index contributed by atoms with van der Waals surface area (Å²) in [6.45, 7) is 7.18. The third-order valence-electron chi connectivity index (χ3n) is 4.27. The Morgan fingerprint density at radius 2 is 2.07 bits per heavy atom. The molecular formula is C19H31BrIN5O. The smallest absolute Gasteiger partial charge is 0.243 e. The average molecular weight is 552 g/mol. The van der Waals surface area contributed by atoms with Crippen LogP contribution in [-0.2, 0) is 4.79 Å². The number of aliphatic imine (C=N–C) groups is 1. The number of amides is 1. The first-order valence-electron chi connectivity index (χ1n) is 9.11. The summed E-state index contributed by atoms with van der Waals surface area (Å²) in [7, 11) is 3.50. The first kappa shape index (κ1) is 24.0. The summed E-state index contributed by atoms with van der Waals surface area (Å²) in [5, 5.41) is 6.84. The number of nitrogens with one attached hydrogen (secondary N) is 2. The monoisotopic (exact) mass is 551 g/mol. The van der Waals surface area contributed by atoms with Crippen LogP contribution < -0.4 is 15.5 Å². The van der Waals surface area contributed by atoms with Crippen LogP contribution in [0.4, 0.5) is 5.69 Å². The van der Waals surface area contributed by atoms with Crippen molar-refractivity contribution in [3.8, 4) is 0 Å². The van der Waals surface area contributed by atoms with Gasteiger partial charge in [0, 0.05) is 44.2 Å². The van der Waals surface area contributed by atoms with Gasteiger partial charge in [0.25, 0.3) is 0 Å². The largest absolute Gasteiger partial charge is 0.368 e. The van der Waals surface area contributed by atoms with E-state index in [-0.39, 0.29) is 36.4 Å². The maximum atomic E-state index is 11.8. The number of guanidine groups is 1. The number of rotatable bonds is 6. The summed E-state index contributed by atoms with van der Waals surface area (Å²) in [5.74, 6) is 1.22. The Bertz CT molecular complexity index is 638. The number of anilines is 1. The lowest BCUT2D eigenvalue weighted by Gasteiger charge is -2.22. The molecule has 1 amide bonds. The zero-order chi connectivity index (χ0) is 19.1. The van der Waals surface area contributed by atoms with Gasteiger partial charge in [-0.15, -0.1) is 24.0 Å². The molecular weight excluding hydrogens is 521 g/mol. The van der Waals surface area contributed by atoms with Gasteiger partial charge < -0.3 is 20.4 Å². The lowest BCUT2D eigenvalue weighted by Crippen LogP contribution is -2.46. The number of para-hydroxylation sites is 1. The van der Waals surface area contributed by atoms with E-state index in [4.69, 9.17) is 0 Å². The summed E-state index contributed by atoms with van der Waals surface area (Å²) < 4.78 is 1.11. The molecule has 6 nitrogen and oxygen atoms in total. The molecule has 152 valence electrons. The van der Waals surface area contributed by atoms with Crippen molar-refractivity contribution in [1.82, 2.24) is 15.5 Å². The summed E-state index contributed by atoms with van der Waals surface area (Å²) in [6.07, 6.45) is 1.03. The number of benzene rings is 1. The van der Waals surface area contributed by atoms with Crippen LogP contribution in [0.1, 0.15) is 20.3 Å². The van der Waals surface area contributed by atoms with Crippen LogP contribution in [0.5, 0.6) is 0 Å². The normalized spacial score (nSPS) is 16.9. The van der Waals surface area contributed by atoms with E-state index in [0.29, 0.717) is 17.9 Å². The Hall–Kier alpha value is -1.03. The first-order chi connectivity index (χ1) is 12.4. The van der Waals surface area contributed by atoms with Crippen LogP contribution in [0.15, 0.2) is 33.7 Å². The molecule has 1 aromatic rings. The second-order valence-corrected chi connectivity index (χ2v) is 8.11. The second kappa shape index (κ2) is 11.7. The van der Waals surface area contributed by atoms with Crippen LogP contribution >= 0.6 is 39.9 Å². The number of nitrogens with zero attached hydrogens (tertiary/aromatic N) is 3. The minimum atomic E-state index is -0.00286. The van der Waals surface area contributed by atoms with E-state index in [1.54, 1.807) is 19.0 Å². The van der Waals surface area contributed by atoms with E-state index in [9.17, 15) is 4.79 Å². The number of carbonyl (C=O) groups excluding carboxylic acids is 1. The minimum Gasteiger partial charge on any atom is -0.368 e. The molecule has 1 heterocycles. The summed E-state index contributed by atoms with van der Waals surface area (Å²) >= 11 is 3.63. The quantitative estimate of drug-likeness (QED) is 0.324. The molecule has 27 heavy (non-hydrogen) atoms. The molecule has 1 unspecified atom stereocenters. The van der Waals surface area contributed by atoms with Crippen molar-refractivity contribution in [2.45, 2.75) is 26.3 Å². The van der Waals surface area contributed by atoms with Gasteiger partial charge in [-0.1, -0.05) is 26.0 Å². The minimum absolute atomic E-state index is 0. The van der Waals surface area contributed by atoms with Gasteiger partial charge in [-0.3, -0.25) is 4.79 Å². The Morgan fingerprint density at radius 1 is 1.37 bits per heavy atom. The van der Waals surface area contributed by atoms with E-state index in [1.807, 2.05) is 6.07 Å². The molecule has 2 rings (SSSR count). The summed E-state index contributed by atoms with van der Waals surface area (Å²) in [5.41, 5.74) is 1.22. The summed E-state index contributed by atoms with van der Waals surface area (Å²) in [6, 6.07) is 8.59. The highest BCUT2D eigenvalue weighted by Crippen LogP contribution is 2.28. The molecule has 8 heteroatoms. The number of likely N-dealkylation sites (N-methyl/N-ethyl adjacent to an activating group) is 1. The van der Waals surface area contributed by atoms with Crippen molar-refractivity contribution in [2.75, 3.05) is 45.2 Å². The number of hydrogen-bond acceptors (Lipinski definition) is 3. The van der Waals surface area contributed by atoms with Crippen molar-refractivity contribution in [1.29, 1.82) is 0 Å². The van der Waals surface area contributed by atoms with Gasteiger partial charge in [-0.2, -0.15) is 0 Å². The van der Waals surface area contributed by atoms with Crippen molar-refractivity contribution in [3.05, 3.63) is 28.7 Å². The van der Waals surface area contributed by atoms with E-state index in [2.05, 4.69) is 68.5 Å². The Labute approximate surface area is 188 Å². The predicted molar refractivity (Wildman–Crippen MR) is 127 cm³/mol. The SMILES string of the molecule is CC(C)CNC(=NCC(=O)N(C)C)NC1CCN(c2ccccc2Br)C1.I. The van der Waals surface area contributed by atoms with Gasteiger partial charge in [-0.05, 0) is 40.4 Å². The standard InChI is InChI=1S/C19H30BrN5O.HI/c1-14(2)11-21-19(22-12-18(26)24(3)4)23-15-9-10-25(13-15)17-8-6-5-7-16(17)20;/h5-8,14-15H,9-13H2,1-4H3,(H2,21,22,23);1H. The summed E-state index contributed by atoms with van der Waals surface area (Å²) in [4.78, 5) is 20.2. The van der Waals surface area contributed by atoms with Gasteiger partial charge in [0.15, 0.2) is 5.96 Å². The molecule has 0 aromatic heterocycles. The third kappa shape index (κ3) is 7.85. The fraction of sp³-hybridized carbons (Fsp3) is 0.579. The Balaban J connectivity index is 0.00000364. The van der Waals surface area contributed by atoms with E-state index in [1.165, 1.54) is 5.69 Å². The molecule has 0 bridgehead atoms. The van der Waals surface area contributed by atoms with Crippen LogP contribution in [0.3, 0.4) is 0 Å². The number of hydrogen-bond donors (Lipinski definition) is 2. The van der Waals surface area contributed by atoms with Crippen LogP contribution in [0, 0.1) is 5.92 Å². The van der Waals surface area contributed by atoms with Crippen molar-refractivity contribution in [3.63, 3.8) is 0 Å². The van der Waals surface area contributed by atoms with Gasteiger partial charge in [-0.25, -0.2) is 4.99 Å². The van der Waals surface area contributed by atoms with Crippen molar-refractivity contribution >= 4 is 57.5 Å². The van der Waals surface area contributed by atoms with Gasteiger partial charge >= 0.3 is 0 Å². The molecule has 0 saturated carbocycles. The Kier molecular flexibility index (Phi) is 10.4. The zero-order valence-electron chi connectivity index (χ0n) is 16.5. The maximum absolute atomic E-state index is 11.8. The van der Waals surface area contributed by atoms with Crippen LogP contribution in [0.25, 0.3) is 0 Å². The average Bonchev–Trinajstić information content (AvgIpc) is 3.05. The highest BCUT2D eigenvalue weighted by molar-refractivity contribution is 14.0. The molecule has 1 saturated heterocycles. The molecule has 0 aliphatic carbocycles. The molecule has 2 N–H and O–H groups in total. The molecule has 1 atom stereocenters.